The first-order valence-corrected chi connectivity index (χ1v) is 9.63. The van der Waals surface area contributed by atoms with E-state index < -0.39 is 45.5 Å². The molecule has 4 aromatic rings. The van der Waals surface area contributed by atoms with E-state index in [1.807, 2.05) is 0 Å². The first kappa shape index (κ1) is 23.7. The van der Waals surface area contributed by atoms with Crippen LogP contribution in [0.15, 0.2) is 46.2 Å². The zero-order valence-electron chi connectivity index (χ0n) is 17.8. The van der Waals surface area contributed by atoms with Crippen molar-refractivity contribution in [1.29, 1.82) is 0 Å². The molecule has 0 bridgehead atoms. The highest BCUT2D eigenvalue weighted by Gasteiger charge is 2.23. The molecule has 4 aromatic heterocycles. The van der Waals surface area contributed by atoms with Gasteiger partial charge < -0.3 is 25.4 Å². The molecule has 0 aliphatic heterocycles. The molecule has 0 radical (unpaired) electrons. The number of pyridine rings is 4. The fourth-order valence-corrected chi connectivity index (χ4v) is 3.08. The van der Waals surface area contributed by atoms with E-state index in [0.717, 1.165) is 6.92 Å². The van der Waals surface area contributed by atoms with Gasteiger partial charge in [0.05, 0.1) is 17.4 Å². The van der Waals surface area contributed by atoms with Gasteiger partial charge in [0.2, 0.25) is 0 Å². The maximum absolute atomic E-state index is 11.7. The maximum Gasteiger partial charge on any atom is 0.347 e. The number of hydrogen-bond acceptors (Lipinski definition) is 11. The zero-order valence-corrected chi connectivity index (χ0v) is 17.8. The summed E-state index contributed by atoms with van der Waals surface area (Å²) in [4.78, 5) is 53.5. The number of esters is 1. The molecule has 4 rings (SSSR count). The Morgan fingerprint density at radius 3 is 1.76 bits per heavy atom. The Morgan fingerprint density at radius 1 is 0.882 bits per heavy atom. The summed E-state index contributed by atoms with van der Waals surface area (Å²) in [5.74, 6) is -2.61. The van der Waals surface area contributed by atoms with Crippen LogP contribution in [0, 0.1) is 0 Å². The molecule has 0 unspecified atom stereocenters. The van der Waals surface area contributed by atoms with Crippen molar-refractivity contribution in [2.24, 2.45) is 0 Å². The lowest BCUT2D eigenvalue weighted by Crippen LogP contribution is -2.27. The second kappa shape index (κ2) is 9.28. The van der Waals surface area contributed by atoms with Crippen LogP contribution in [-0.2, 0) is 4.74 Å². The standard InChI is InChI=1S/C11H10N2O5.C10H8N2O4/c1-2-18-11(16)7-8(14)6-4-3-5-12-9(6)13(17)10(7)15;1-5(13)7-8(14)6-3-2-4-11-9(6)12(16)10(7)15/h3-5,14,17H,2H2,1H3;2-4,14,16H,1H3. The van der Waals surface area contributed by atoms with Gasteiger partial charge in [-0.15, -0.1) is 9.46 Å². The number of aromatic hydroxyl groups is 2. The third-order valence-corrected chi connectivity index (χ3v) is 4.60. The van der Waals surface area contributed by atoms with Gasteiger partial charge in [0.25, 0.3) is 5.56 Å². The molecule has 0 aromatic carbocycles. The van der Waals surface area contributed by atoms with Crippen LogP contribution in [0.2, 0.25) is 0 Å². The molecule has 0 aliphatic carbocycles. The molecule has 4 N–H and O–H groups in total. The van der Waals surface area contributed by atoms with Crippen LogP contribution >= 0.6 is 0 Å². The summed E-state index contributed by atoms with van der Waals surface area (Å²) < 4.78 is 5.12. The SMILES string of the molecule is CC(=O)c1c(O)c2cccnc2n(O)c1=O.CCOC(=O)c1c(O)c2cccnc2n(O)c1=O. The number of carbonyl (C=O) groups excluding carboxylic acids is 2. The Bertz CT molecular complexity index is 1560. The minimum atomic E-state index is -1.07. The van der Waals surface area contributed by atoms with Crippen molar-refractivity contribution in [2.75, 3.05) is 6.61 Å². The molecule has 34 heavy (non-hydrogen) atoms. The van der Waals surface area contributed by atoms with Crippen LogP contribution < -0.4 is 11.1 Å². The molecular weight excluding hydrogens is 452 g/mol. The van der Waals surface area contributed by atoms with Gasteiger partial charge in [0, 0.05) is 12.4 Å². The Balaban J connectivity index is 0.000000192. The number of aromatic nitrogens is 4. The van der Waals surface area contributed by atoms with Crippen molar-refractivity contribution in [3.63, 3.8) is 0 Å². The summed E-state index contributed by atoms with van der Waals surface area (Å²) in [6, 6.07) is 5.90. The molecule has 13 nitrogen and oxygen atoms in total. The number of carbonyl (C=O) groups is 2. The molecule has 0 spiro atoms. The van der Waals surface area contributed by atoms with E-state index in [2.05, 4.69) is 14.7 Å². The molecule has 0 atom stereocenters. The van der Waals surface area contributed by atoms with Crippen LogP contribution in [0.5, 0.6) is 11.5 Å². The predicted octanol–water partition coefficient (Wildman–Crippen LogP) is 1.06. The number of rotatable bonds is 3. The normalized spacial score (nSPS) is 10.5. The van der Waals surface area contributed by atoms with E-state index in [-0.39, 0.29) is 38.1 Å². The van der Waals surface area contributed by atoms with Crippen LogP contribution in [0.25, 0.3) is 22.1 Å². The Kier molecular flexibility index (Phi) is 6.47. The molecular formula is C21H18N4O9. The molecule has 0 saturated heterocycles. The fourth-order valence-electron chi connectivity index (χ4n) is 3.08. The Labute approximate surface area is 189 Å². The summed E-state index contributed by atoms with van der Waals surface area (Å²) in [7, 11) is 0. The average molecular weight is 470 g/mol. The monoisotopic (exact) mass is 470 g/mol. The third kappa shape index (κ3) is 3.97. The zero-order chi connectivity index (χ0) is 25.2. The van der Waals surface area contributed by atoms with Gasteiger partial charge in [-0.1, -0.05) is 0 Å². The van der Waals surface area contributed by atoms with Crippen molar-refractivity contribution in [1.82, 2.24) is 19.4 Å². The van der Waals surface area contributed by atoms with Crippen LogP contribution in [0.1, 0.15) is 34.6 Å². The van der Waals surface area contributed by atoms with Gasteiger partial charge >= 0.3 is 11.5 Å². The highest BCUT2D eigenvalue weighted by Crippen LogP contribution is 2.25. The highest BCUT2D eigenvalue weighted by molar-refractivity contribution is 6.01. The van der Waals surface area contributed by atoms with E-state index in [4.69, 9.17) is 0 Å². The van der Waals surface area contributed by atoms with Gasteiger partial charge in [-0.2, -0.15) is 0 Å². The first-order chi connectivity index (χ1) is 16.1. The second-order valence-corrected chi connectivity index (χ2v) is 6.71. The van der Waals surface area contributed by atoms with Gasteiger partial charge in [-0.3, -0.25) is 14.4 Å². The van der Waals surface area contributed by atoms with E-state index in [1.54, 1.807) is 6.92 Å². The van der Waals surface area contributed by atoms with E-state index >= 15 is 0 Å². The largest absolute Gasteiger partial charge is 0.506 e. The number of ketones is 1. The molecule has 0 saturated carbocycles. The lowest BCUT2D eigenvalue weighted by molar-refractivity contribution is 0.0515. The molecule has 0 fully saturated rings. The van der Waals surface area contributed by atoms with Gasteiger partial charge in [-0.25, -0.2) is 14.8 Å². The van der Waals surface area contributed by atoms with E-state index in [1.165, 1.54) is 36.7 Å². The smallest absolute Gasteiger partial charge is 0.347 e. The lowest BCUT2D eigenvalue weighted by atomic mass is 10.1. The number of nitrogens with zero attached hydrogens (tertiary/aromatic N) is 4. The summed E-state index contributed by atoms with van der Waals surface area (Å²) in [6.07, 6.45) is 2.71. The summed E-state index contributed by atoms with van der Waals surface area (Å²) in [5, 5.41) is 39.0. The summed E-state index contributed by atoms with van der Waals surface area (Å²) >= 11 is 0. The van der Waals surface area contributed by atoms with Crippen LogP contribution in [0.4, 0.5) is 0 Å². The Hall–Kier alpha value is -4.94. The number of fused-ring (bicyclic) bond motifs is 2. The first-order valence-electron chi connectivity index (χ1n) is 9.63. The van der Waals surface area contributed by atoms with Crippen molar-refractivity contribution in [2.45, 2.75) is 13.8 Å². The molecule has 4 heterocycles. The van der Waals surface area contributed by atoms with E-state index in [9.17, 15) is 39.8 Å². The van der Waals surface area contributed by atoms with Gasteiger partial charge in [0.1, 0.15) is 17.1 Å². The van der Waals surface area contributed by atoms with Crippen LogP contribution in [0.3, 0.4) is 0 Å². The number of hydrogen-bond donors (Lipinski definition) is 4. The number of Topliss-reactive ketones (excluding diaryl/α,β-unsaturated/α-hetero) is 1. The van der Waals surface area contributed by atoms with Crippen LogP contribution in [-0.4, -0.2) is 58.4 Å². The van der Waals surface area contributed by atoms with Crippen molar-refractivity contribution in [3.05, 3.63) is 68.5 Å². The van der Waals surface area contributed by atoms with Gasteiger partial charge in [-0.05, 0) is 38.1 Å². The maximum atomic E-state index is 11.7. The third-order valence-electron chi connectivity index (χ3n) is 4.60. The minimum absolute atomic E-state index is 0.0498. The molecule has 13 heteroatoms. The van der Waals surface area contributed by atoms with Crippen molar-refractivity contribution in [3.8, 4) is 11.5 Å². The minimum Gasteiger partial charge on any atom is -0.506 e. The van der Waals surface area contributed by atoms with E-state index in [0.29, 0.717) is 0 Å². The second-order valence-electron chi connectivity index (χ2n) is 6.71. The lowest BCUT2D eigenvalue weighted by Gasteiger charge is -2.08. The molecule has 176 valence electrons. The summed E-state index contributed by atoms with van der Waals surface area (Å²) in [6.45, 7) is 2.75. The predicted molar refractivity (Wildman–Crippen MR) is 116 cm³/mol. The van der Waals surface area contributed by atoms with Crippen molar-refractivity contribution >= 4 is 33.8 Å². The molecule has 0 amide bonds. The Morgan fingerprint density at radius 2 is 1.32 bits per heavy atom. The summed E-state index contributed by atoms with van der Waals surface area (Å²) in [5.41, 5.74) is -3.32. The molecule has 0 aliphatic rings. The topological polar surface area (TPSA) is 194 Å². The highest BCUT2D eigenvalue weighted by atomic mass is 16.5. The fraction of sp³-hybridized carbons (Fsp3) is 0.143. The average Bonchev–Trinajstić information content (AvgIpc) is 2.82. The number of ether oxygens (including phenoxy) is 1. The quantitative estimate of drug-likeness (QED) is 0.190. The van der Waals surface area contributed by atoms with Crippen molar-refractivity contribution < 1.29 is 35.0 Å². The van der Waals surface area contributed by atoms with Gasteiger partial charge in [0.15, 0.2) is 22.6 Å².